The number of carbonyl (C=O) groups excluding carboxylic acids is 1. The summed E-state index contributed by atoms with van der Waals surface area (Å²) in [6, 6.07) is -0.126. The molecule has 0 radical (unpaired) electrons. The number of nitrogens with two attached hydrogens (primary N) is 2. The van der Waals surface area contributed by atoms with Crippen LogP contribution in [0, 0.1) is 0 Å². The number of nitrogens with zero attached hydrogens (tertiary/aromatic N) is 2. The fourth-order valence-electron chi connectivity index (χ4n) is 1.69. The van der Waals surface area contributed by atoms with Crippen LogP contribution in [-0.2, 0) is 15.0 Å². The summed E-state index contributed by atoms with van der Waals surface area (Å²) in [7, 11) is -3.63. The molecule has 1 unspecified atom stereocenters. The van der Waals surface area contributed by atoms with Crippen molar-refractivity contribution in [1.29, 1.82) is 0 Å². The van der Waals surface area contributed by atoms with E-state index in [2.05, 4.69) is 0 Å². The first-order valence-electron chi connectivity index (χ1n) is 5.65. The Labute approximate surface area is 102 Å². The molecule has 100 valence electrons. The Hall–Kier alpha value is -0.700. The van der Waals surface area contributed by atoms with Gasteiger partial charge in [0.25, 0.3) is 10.2 Å². The summed E-state index contributed by atoms with van der Waals surface area (Å²) in [6.45, 7) is 3.20. The number of hydrogen-bond donors (Lipinski definition) is 2. The molecule has 0 aromatic heterocycles. The van der Waals surface area contributed by atoms with Crippen LogP contribution >= 0.6 is 0 Å². The quantitative estimate of drug-likeness (QED) is 0.641. The van der Waals surface area contributed by atoms with Crippen molar-refractivity contribution < 1.29 is 13.2 Å². The minimum Gasteiger partial charge on any atom is -0.340 e. The van der Waals surface area contributed by atoms with E-state index in [-0.39, 0.29) is 25.0 Å². The summed E-state index contributed by atoms with van der Waals surface area (Å²) in [5.41, 5.74) is 5.70. The molecular formula is C9H20N4O3S. The van der Waals surface area contributed by atoms with Gasteiger partial charge in [-0.05, 0) is 6.42 Å². The molecule has 1 aliphatic heterocycles. The molecule has 0 spiro atoms. The zero-order valence-corrected chi connectivity index (χ0v) is 10.8. The van der Waals surface area contributed by atoms with Gasteiger partial charge in [-0.3, -0.25) is 4.79 Å². The molecule has 1 heterocycles. The van der Waals surface area contributed by atoms with Crippen LogP contribution in [0.1, 0.15) is 19.8 Å². The lowest BCUT2D eigenvalue weighted by molar-refractivity contribution is -0.132. The van der Waals surface area contributed by atoms with Crippen LogP contribution in [0.2, 0.25) is 0 Å². The highest BCUT2D eigenvalue weighted by atomic mass is 32.2. The molecule has 1 amide bonds. The molecule has 17 heavy (non-hydrogen) atoms. The van der Waals surface area contributed by atoms with E-state index in [0.717, 1.165) is 6.42 Å². The van der Waals surface area contributed by atoms with Crippen molar-refractivity contribution in [3.63, 3.8) is 0 Å². The van der Waals surface area contributed by atoms with Gasteiger partial charge in [-0.1, -0.05) is 6.92 Å². The highest BCUT2D eigenvalue weighted by Crippen LogP contribution is 2.07. The fourth-order valence-corrected chi connectivity index (χ4v) is 2.36. The molecule has 7 nitrogen and oxygen atoms in total. The molecule has 8 heteroatoms. The van der Waals surface area contributed by atoms with Crippen molar-refractivity contribution in [3.8, 4) is 0 Å². The number of rotatable bonds is 4. The highest BCUT2D eigenvalue weighted by Gasteiger charge is 2.26. The molecule has 0 aromatic carbocycles. The van der Waals surface area contributed by atoms with E-state index >= 15 is 0 Å². The Morgan fingerprint density at radius 2 is 1.82 bits per heavy atom. The van der Waals surface area contributed by atoms with Crippen LogP contribution in [0.4, 0.5) is 0 Å². The first kappa shape index (κ1) is 14.4. The van der Waals surface area contributed by atoms with Crippen molar-refractivity contribution >= 4 is 16.1 Å². The maximum atomic E-state index is 11.8. The van der Waals surface area contributed by atoms with E-state index in [1.807, 2.05) is 6.92 Å². The van der Waals surface area contributed by atoms with E-state index in [0.29, 0.717) is 19.5 Å². The molecule has 1 atom stereocenters. The summed E-state index contributed by atoms with van der Waals surface area (Å²) < 4.78 is 23.3. The standard InChI is InChI=1S/C9H20N4O3S/c1-2-8(10)7-9(14)12-3-5-13(6-4-12)17(11,15)16/h8H,2-7,10H2,1H3,(H2,11,15,16). The number of piperazine rings is 1. The van der Waals surface area contributed by atoms with Gasteiger partial charge in [0.2, 0.25) is 5.91 Å². The zero-order chi connectivity index (χ0) is 13.1. The second-order valence-electron chi connectivity index (χ2n) is 4.20. The predicted molar refractivity (Wildman–Crippen MR) is 64.1 cm³/mol. The summed E-state index contributed by atoms with van der Waals surface area (Å²) in [4.78, 5) is 13.4. The van der Waals surface area contributed by atoms with Gasteiger partial charge in [0.05, 0.1) is 0 Å². The normalized spacial score (nSPS) is 20.3. The van der Waals surface area contributed by atoms with E-state index in [4.69, 9.17) is 10.9 Å². The smallest absolute Gasteiger partial charge is 0.277 e. The summed E-state index contributed by atoms with van der Waals surface area (Å²) in [5, 5.41) is 5.01. The molecule has 0 saturated carbocycles. The van der Waals surface area contributed by atoms with Crippen LogP contribution in [0.3, 0.4) is 0 Å². The third kappa shape index (κ3) is 4.23. The van der Waals surface area contributed by atoms with Crippen LogP contribution in [0.25, 0.3) is 0 Å². The number of carbonyl (C=O) groups is 1. The Morgan fingerprint density at radius 1 is 1.29 bits per heavy atom. The lowest BCUT2D eigenvalue weighted by Gasteiger charge is -2.33. The first-order valence-corrected chi connectivity index (χ1v) is 7.16. The molecule has 0 aromatic rings. The van der Waals surface area contributed by atoms with Crippen molar-refractivity contribution in [1.82, 2.24) is 9.21 Å². The van der Waals surface area contributed by atoms with Gasteiger partial charge < -0.3 is 10.6 Å². The van der Waals surface area contributed by atoms with Gasteiger partial charge in [-0.15, -0.1) is 0 Å². The zero-order valence-electron chi connectivity index (χ0n) is 10.0. The molecular weight excluding hydrogens is 244 g/mol. The Bertz CT molecular complexity index is 362. The fraction of sp³-hybridized carbons (Fsp3) is 0.889. The van der Waals surface area contributed by atoms with E-state index in [1.54, 1.807) is 4.90 Å². The van der Waals surface area contributed by atoms with Crippen molar-refractivity contribution in [2.45, 2.75) is 25.8 Å². The number of hydrogen-bond acceptors (Lipinski definition) is 4. The molecule has 0 aliphatic carbocycles. The molecule has 1 fully saturated rings. The SMILES string of the molecule is CCC(N)CC(=O)N1CCN(S(N)(=O)=O)CC1. The topological polar surface area (TPSA) is 110 Å². The van der Waals surface area contributed by atoms with Crippen molar-refractivity contribution in [2.75, 3.05) is 26.2 Å². The van der Waals surface area contributed by atoms with E-state index in [9.17, 15) is 13.2 Å². The minimum absolute atomic E-state index is 0.0200. The van der Waals surface area contributed by atoms with Crippen LogP contribution in [0.15, 0.2) is 0 Å². The maximum absolute atomic E-state index is 11.8. The van der Waals surface area contributed by atoms with Gasteiger partial charge >= 0.3 is 0 Å². The predicted octanol–water partition coefficient (Wildman–Crippen LogP) is -1.54. The summed E-state index contributed by atoms with van der Waals surface area (Å²) in [5.74, 6) is -0.0200. The summed E-state index contributed by atoms with van der Waals surface area (Å²) in [6.07, 6.45) is 1.06. The van der Waals surface area contributed by atoms with Crippen molar-refractivity contribution in [2.24, 2.45) is 10.9 Å². The lowest BCUT2D eigenvalue weighted by Crippen LogP contribution is -2.52. The monoisotopic (exact) mass is 264 g/mol. The largest absolute Gasteiger partial charge is 0.340 e. The van der Waals surface area contributed by atoms with Gasteiger partial charge in [-0.25, -0.2) is 5.14 Å². The van der Waals surface area contributed by atoms with E-state index in [1.165, 1.54) is 4.31 Å². The Kier molecular flexibility index (Phi) is 4.87. The molecule has 0 bridgehead atoms. The maximum Gasteiger partial charge on any atom is 0.277 e. The Morgan fingerprint density at radius 3 is 2.24 bits per heavy atom. The average Bonchev–Trinajstić information content (AvgIpc) is 2.27. The van der Waals surface area contributed by atoms with Crippen LogP contribution in [-0.4, -0.2) is 55.8 Å². The Balaban J connectivity index is 2.44. The molecule has 4 N–H and O–H groups in total. The minimum atomic E-state index is -3.63. The van der Waals surface area contributed by atoms with Crippen molar-refractivity contribution in [3.05, 3.63) is 0 Å². The molecule has 1 saturated heterocycles. The van der Waals surface area contributed by atoms with Gasteiger partial charge in [0.15, 0.2) is 0 Å². The highest BCUT2D eigenvalue weighted by molar-refractivity contribution is 7.86. The van der Waals surface area contributed by atoms with E-state index < -0.39 is 10.2 Å². The van der Waals surface area contributed by atoms with Crippen LogP contribution in [0.5, 0.6) is 0 Å². The second-order valence-corrected chi connectivity index (χ2v) is 5.74. The third-order valence-electron chi connectivity index (χ3n) is 2.91. The van der Waals surface area contributed by atoms with Gasteiger partial charge in [0.1, 0.15) is 0 Å². The molecule has 1 aliphatic rings. The molecule has 1 rings (SSSR count). The second kappa shape index (κ2) is 5.76. The lowest BCUT2D eigenvalue weighted by atomic mass is 10.1. The van der Waals surface area contributed by atoms with Gasteiger partial charge in [0, 0.05) is 38.6 Å². The summed E-state index contributed by atoms with van der Waals surface area (Å²) >= 11 is 0. The number of amides is 1. The van der Waals surface area contributed by atoms with Gasteiger partial charge in [-0.2, -0.15) is 12.7 Å². The third-order valence-corrected chi connectivity index (χ3v) is 4.00. The average molecular weight is 264 g/mol. The van der Waals surface area contributed by atoms with Crippen LogP contribution < -0.4 is 10.9 Å². The first-order chi connectivity index (χ1) is 7.84.